The molecule has 0 aliphatic rings. The molecule has 128 valence electrons. The second-order valence-corrected chi connectivity index (χ2v) is 4.92. The first-order valence-electron chi connectivity index (χ1n) is 7.28. The van der Waals surface area contributed by atoms with Gasteiger partial charge < -0.3 is 20.3 Å². The van der Waals surface area contributed by atoms with E-state index in [0.717, 1.165) is 6.21 Å². The SMILES string of the molecule is CO[C@@H](C)C(=O)N[C@@H](CCC(=O)C=[N+]=[N-])C(=O)Oc1ccccc1. The smallest absolute Gasteiger partial charge is 0.334 e. The molecule has 1 aromatic rings. The maximum Gasteiger partial charge on any atom is 0.334 e. The third-order valence-electron chi connectivity index (χ3n) is 3.17. The van der Waals surface area contributed by atoms with Crippen LogP contribution in [0.2, 0.25) is 0 Å². The number of nitrogens with one attached hydrogen (secondary N) is 1. The number of benzene rings is 1. The molecule has 0 fully saturated rings. The summed E-state index contributed by atoms with van der Waals surface area (Å²) in [4.78, 5) is 38.2. The lowest BCUT2D eigenvalue weighted by Gasteiger charge is -2.19. The lowest BCUT2D eigenvalue weighted by Crippen LogP contribution is -2.47. The Bertz CT molecular complexity index is 626. The summed E-state index contributed by atoms with van der Waals surface area (Å²) in [5.74, 6) is -1.36. The molecule has 1 amide bonds. The molecule has 0 aliphatic heterocycles. The normalized spacial score (nSPS) is 12.4. The number of amides is 1. The van der Waals surface area contributed by atoms with E-state index in [1.54, 1.807) is 30.3 Å². The van der Waals surface area contributed by atoms with Crippen molar-refractivity contribution in [3.63, 3.8) is 0 Å². The summed E-state index contributed by atoms with van der Waals surface area (Å²) in [5, 5.41) is 2.49. The molecule has 1 N–H and O–H groups in total. The van der Waals surface area contributed by atoms with Gasteiger partial charge in [-0.2, -0.15) is 4.79 Å². The molecule has 2 atom stereocenters. The summed E-state index contributed by atoms with van der Waals surface area (Å²) in [7, 11) is 1.36. The summed E-state index contributed by atoms with van der Waals surface area (Å²) in [6.07, 6.45) is -0.121. The number of ketones is 1. The second kappa shape index (κ2) is 10.0. The molecule has 0 radical (unpaired) electrons. The largest absolute Gasteiger partial charge is 0.425 e. The molecule has 0 saturated heterocycles. The van der Waals surface area contributed by atoms with Gasteiger partial charge in [0.1, 0.15) is 17.9 Å². The van der Waals surface area contributed by atoms with Crippen molar-refractivity contribution in [1.82, 2.24) is 5.32 Å². The molecule has 0 unspecified atom stereocenters. The highest BCUT2D eigenvalue weighted by atomic mass is 16.5. The molecule has 24 heavy (non-hydrogen) atoms. The first-order valence-corrected chi connectivity index (χ1v) is 7.28. The van der Waals surface area contributed by atoms with Crippen molar-refractivity contribution in [1.29, 1.82) is 0 Å². The lowest BCUT2D eigenvalue weighted by molar-refractivity contribution is -0.141. The summed E-state index contributed by atoms with van der Waals surface area (Å²) in [6, 6.07) is 7.32. The summed E-state index contributed by atoms with van der Waals surface area (Å²) >= 11 is 0. The van der Waals surface area contributed by atoms with Gasteiger partial charge in [0.25, 0.3) is 0 Å². The zero-order valence-electron chi connectivity index (χ0n) is 13.5. The van der Waals surface area contributed by atoms with Crippen LogP contribution in [0.25, 0.3) is 5.53 Å². The van der Waals surface area contributed by atoms with Crippen LogP contribution < -0.4 is 10.1 Å². The number of hydrogen-bond acceptors (Lipinski definition) is 5. The fourth-order valence-corrected chi connectivity index (χ4v) is 1.74. The van der Waals surface area contributed by atoms with Gasteiger partial charge in [-0.05, 0) is 25.5 Å². The zero-order chi connectivity index (χ0) is 17.9. The molecular weight excluding hydrogens is 314 g/mol. The standard InChI is InChI=1S/C16H19N3O5/c1-11(23-2)15(21)19-14(9-8-12(20)10-18-17)16(22)24-13-6-4-3-5-7-13/h3-7,10-11,14H,8-9H2,1-2H3,(H,19,21)/t11-,14-/m0/s1. The van der Waals surface area contributed by atoms with Crippen LogP contribution >= 0.6 is 0 Å². The number of carbonyl (C=O) groups excluding carboxylic acids is 3. The summed E-state index contributed by atoms with van der Waals surface area (Å²) in [6.45, 7) is 1.53. The van der Waals surface area contributed by atoms with Crippen LogP contribution in [0.5, 0.6) is 5.75 Å². The topological polar surface area (TPSA) is 118 Å². The van der Waals surface area contributed by atoms with Crippen molar-refractivity contribution in [2.45, 2.75) is 31.9 Å². The van der Waals surface area contributed by atoms with E-state index in [0.29, 0.717) is 5.75 Å². The zero-order valence-corrected chi connectivity index (χ0v) is 13.5. The molecule has 0 bridgehead atoms. The molecule has 0 aliphatic carbocycles. The Morgan fingerprint density at radius 1 is 1.29 bits per heavy atom. The number of Topliss-reactive ketones (excluding diaryl/α,β-unsaturated/α-hetero) is 1. The Kier molecular flexibility index (Phi) is 8.04. The number of para-hydroxylation sites is 1. The van der Waals surface area contributed by atoms with E-state index in [1.807, 2.05) is 0 Å². The average Bonchev–Trinajstić information content (AvgIpc) is 2.58. The number of rotatable bonds is 9. The van der Waals surface area contributed by atoms with Crippen molar-refractivity contribution < 1.29 is 28.6 Å². The van der Waals surface area contributed by atoms with E-state index < -0.39 is 29.8 Å². The maximum atomic E-state index is 12.3. The summed E-state index contributed by atoms with van der Waals surface area (Å²) in [5.41, 5.74) is 8.33. The van der Waals surface area contributed by atoms with Crippen LogP contribution in [0, 0.1) is 0 Å². The van der Waals surface area contributed by atoms with Crippen molar-refractivity contribution >= 4 is 23.9 Å². The number of esters is 1. The molecule has 0 saturated carbocycles. The van der Waals surface area contributed by atoms with E-state index >= 15 is 0 Å². The maximum absolute atomic E-state index is 12.3. The predicted molar refractivity (Wildman–Crippen MR) is 84.4 cm³/mol. The van der Waals surface area contributed by atoms with Crippen molar-refractivity contribution in [2.75, 3.05) is 7.11 Å². The van der Waals surface area contributed by atoms with E-state index in [4.69, 9.17) is 15.0 Å². The van der Waals surface area contributed by atoms with Crippen LogP contribution in [0.4, 0.5) is 0 Å². The van der Waals surface area contributed by atoms with Crippen LogP contribution in [-0.2, 0) is 19.1 Å². The minimum atomic E-state index is -1.04. The highest BCUT2D eigenvalue weighted by Crippen LogP contribution is 2.11. The van der Waals surface area contributed by atoms with E-state index in [-0.39, 0.29) is 12.8 Å². The number of methoxy groups -OCH3 is 1. The number of hydrogen-bond donors (Lipinski definition) is 1. The molecule has 1 aromatic carbocycles. The predicted octanol–water partition coefficient (Wildman–Crippen LogP) is 0.762. The average molecular weight is 333 g/mol. The lowest BCUT2D eigenvalue weighted by atomic mass is 10.1. The fraction of sp³-hybridized carbons (Fsp3) is 0.375. The van der Waals surface area contributed by atoms with Crippen molar-refractivity contribution in [2.24, 2.45) is 0 Å². The summed E-state index contributed by atoms with van der Waals surface area (Å²) < 4.78 is 10.1. The fourth-order valence-electron chi connectivity index (χ4n) is 1.74. The van der Waals surface area contributed by atoms with Gasteiger partial charge in [0.15, 0.2) is 0 Å². The van der Waals surface area contributed by atoms with Gasteiger partial charge in [0, 0.05) is 13.5 Å². The Hall–Kier alpha value is -2.83. The van der Waals surface area contributed by atoms with Gasteiger partial charge in [0.2, 0.25) is 11.7 Å². The Morgan fingerprint density at radius 2 is 1.96 bits per heavy atom. The van der Waals surface area contributed by atoms with Gasteiger partial charge in [-0.15, -0.1) is 0 Å². The molecule has 8 nitrogen and oxygen atoms in total. The Balaban J connectivity index is 2.78. The molecule has 1 rings (SSSR count). The van der Waals surface area contributed by atoms with Gasteiger partial charge in [-0.1, -0.05) is 18.2 Å². The molecule has 0 heterocycles. The minimum Gasteiger partial charge on any atom is -0.425 e. The van der Waals surface area contributed by atoms with Gasteiger partial charge in [-0.3, -0.25) is 9.59 Å². The van der Waals surface area contributed by atoms with E-state index in [9.17, 15) is 14.4 Å². The van der Waals surface area contributed by atoms with E-state index in [1.165, 1.54) is 14.0 Å². The minimum absolute atomic E-state index is 0.00130. The van der Waals surface area contributed by atoms with Crippen molar-refractivity contribution in [3.05, 3.63) is 35.9 Å². The molecular formula is C16H19N3O5. The monoisotopic (exact) mass is 333 g/mol. The number of ether oxygens (including phenoxy) is 2. The van der Waals surface area contributed by atoms with Crippen LogP contribution in [0.1, 0.15) is 19.8 Å². The number of nitrogens with zero attached hydrogens (tertiary/aromatic N) is 2. The van der Waals surface area contributed by atoms with Gasteiger partial charge >= 0.3 is 12.2 Å². The Morgan fingerprint density at radius 3 is 2.54 bits per heavy atom. The highest BCUT2D eigenvalue weighted by molar-refractivity contribution is 6.25. The van der Waals surface area contributed by atoms with Crippen LogP contribution in [-0.4, -0.2) is 47.9 Å². The third-order valence-corrected chi connectivity index (χ3v) is 3.17. The molecule has 8 heteroatoms. The van der Waals surface area contributed by atoms with Crippen LogP contribution in [0.15, 0.2) is 30.3 Å². The first-order chi connectivity index (χ1) is 11.5. The highest BCUT2D eigenvalue weighted by Gasteiger charge is 2.26. The van der Waals surface area contributed by atoms with Crippen LogP contribution in [0.3, 0.4) is 0 Å². The van der Waals surface area contributed by atoms with Crippen molar-refractivity contribution in [3.8, 4) is 5.75 Å². The first kappa shape index (κ1) is 19.2. The molecule has 0 aromatic heterocycles. The van der Waals surface area contributed by atoms with Gasteiger partial charge in [0.05, 0.1) is 0 Å². The third kappa shape index (κ3) is 6.51. The number of carbonyl (C=O) groups is 3. The Labute approximate surface area is 139 Å². The quantitative estimate of drug-likeness (QED) is 0.235. The molecule has 0 spiro atoms. The van der Waals surface area contributed by atoms with E-state index in [2.05, 4.69) is 10.1 Å². The second-order valence-electron chi connectivity index (χ2n) is 4.92. The van der Waals surface area contributed by atoms with Gasteiger partial charge in [-0.25, -0.2) is 4.79 Å².